The highest BCUT2D eigenvalue weighted by Gasteiger charge is 2.06. The molecular formula is C15H30Cl2N4O. The molecule has 0 radical (unpaired) electrons. The van der Waals surface area contributed by atoms with E-state index in [1.165, 1.54) is 0 Å². The molecule has 1 aromatic rings. The molecule has 3 N–H and O–H groups in total. The van der Waals surface area contributed by atoms with Gasteiger partial charge in [0.05, 0.1) is 6.54 Å². The summed E-state index contributed by atoms with van der Waals surface area (Å²) in [6, 6.07) is 0. The summed E-state index contributed by atoms with van der Waals surface area (Å²) in [6.45, 7) is 6.53. The van der Waals surface area contributed by atoms with E-state index in [-0.39, 0.29) is 30.7 Å². The van der Waals surface area contributed by atoms with Crippen LogP contribution in [0.2, 0.25) is 0 Å². The van der Waals surface area contributed by atoms with Crippen molar-refractivity contribution in [3.8, 4) is 0 Å². The van der Waals surface area contributed by atoms with Crippen molar-refractivity contribution in [2.24, 2.45) is 11.7 Å². The third-order valence-electron chi connectivity index (χ3n) is 3.17. The van der Waals surface area contributed by atoms with Gasteiger partial charge in [0.1, 0.15) is 5.82 Å². The van der Waals surface area contributed by atoms with Gasteiger partial charge in [0.15, 0.2) is 0 Å². The number of hydrogen-bond acceptors (Lipinski definition) is 3. The zero-order chi connectivity index (χ0) is 14.8. The normalized spacial score (nSPS) is 10.0. The number of amides is 1. The largest absolute Gasteiger partial charge is 0.349 e. The molecule has 0 fully saturated rings. The number of carbonyl (C=O) groups excluding carboxylic acids is 1. The Balaban J connectivity index is 0. The molecule has 0 saturated carbocycles. The molecule has 1 heterocycles. The van der Waals surface area contributed by atoms with E-state index in [1.807, 2.05) is 6.20 Å². The van der Waals surface area contributed by atoms with E-state index in [2.05, 4.69) is 28.7 Å². The van der Waals surface area contributed by atoms with E-state index < -0.39 is 0 Å². The summed E-state index contributed by atoms with van der Waals surface area (Å²) in [6.07, 6.45) is 8.52. The van der Waals surface area contributed by atoms with Gasteiger partial charge in [-0.05, 0) is 25.3 Å². The minimum absolute atomic E-state index is 0. The lowest BCUT2D eigenvalue weighted by Gasteiger charge is -2.11. The van der Waals surface area contributed by atoms with Gasteiger partial charge in [0.25, 0.3) is 0 Å². The fraction of sp³-hybridized carbons (Fsp3) is 0.733. The number of hydrogen-bond donors (Lipinski definition) is 2. The van der Waals surface area contributed by atoms with Gasteiger partial charge < -0.3 is 15.6 Å². The van der Waals surface area contributed by atoms with Gasteiger partial charge in [0, 0.05) is 25.4 Å². The summed E-state index contributed by atoms with van der Waals surface area (Å²) in [5.41, 5.74) is 5.43. The molecule has 0 aliphatic carbocycles. The van der Waals surface area contributed by atoms with E-state index in [1.54, 1.807) is 6.20 Å². The molecule has 0 unspecified atom stereocenters. The third-order valence-corrected chi connectivity index (χ3v) is 3.17. The zero-order valence-corrected chi connectivity index (χ0v) is 15.2. The Morgan fingerprint density at radius 1 is 1.27 bits per heavy atom. The summed E-state index contributed by atoms with van der Waals surface area (Å²) in [7, 11) is 0. The Morgan fingerprint density at radius 3 is 2.59 bits per heavy atom. The van der Waals surface area contributed by atoms with Crippen LogP contribution in [-0.4, -0.2) is 22.0 Å². The van der Waals surface area contributed by atoms with Crippen LogP contribution in [0.5, 0.6) is 0 Å². The minimum atomic E-state index is 0. The Morgan fingerprint density at radius 2 is 1.95 bits per heavy atom. The number of carbonyl (C=O) groups is 1. The van der Waals surface area contributed by atoms with Crippen molar-refractivity contribution in [1.29, 1.82) is 0 Å². The van der Waals surface area contributed by atoms with Crippen LogP contribution in [0.15, 0.2) is 12.4 Å². The number of imidazole rings is 1. The molecule has 0 bridgehead atoms. The number of halogens is 2. The van der Waals surface area contributed by atoms with Crippen molar-refractivity contribution in [3.63, 3.8) is 0 Å². The van der Waals surface area contributed by atoms with Crippen LogP contribution in [0.3, 0.4) is 0 Å². The SMILES string of the molecule is CC(C)Cn1ccnc1CNC(=O)CCCCCCN.Cl.Cl. The average molecular weight is 353 g/mol. The van der Waals surface area contributed by atoms with E-state index in [4.69, 9.17) is 5.73 Å². The summed E-state index contributed by atoms with van der Waals surface area (Å²) in [5.74, 6) is 1.60. The van der Waals surface area contributed by atoms with Crippen LogP contribution in [-0.2, 0) is 17.9 Å². The molecule has 1 aromatic heterocycles. The Hall–Kier alpha value is -0.780. The van der Waals surface area contributed by atoms with Crippen molar-refractivity contribution in [2.75, 3.05) is 6.54 Å². The van der Waals surface area contributed by atoms with Gasteiger partial charge in [-0.3, -0.25) is 4.79 Å². The number of nitrogens with zero attached hydrogens (tertiary/aromatic N) is 2. The van der Waals surface area contributed by atoms with Crippen molar-refractivity contribution in [2.45, 2.75) is 59.0 Å². The maximum atomic E-state index is 11.7. The topological polar surface area (TPSA) is 72.9 Å². The quantitative estimate of drug-likeness (QED) is 0.635. The lowest BCUT2D eigenvalue weighted by Crippen LogP contribution is -2.24. The van der Waals surface area contributed by atoms with Gasteiger partial charge in [0.2, 0.25) is 5.91 Å². The molecule has 22 heavy (non-hydrogen) atoms. The number of unbranched alkanes of at least 4 members (excludes halogenated alkanes) is 3. The Labute approximate surface area is 146 Å². The highest BCUT2D eigenvalue weighted by Crippen LogP contribution is 2.05. The van der Waals surface area contributed by atoms with Gasteiger partial charge in [-0.1, -0.05) is 26.7 Å². The van der Waals surface area contributed by atoms with E-state index in [0.29, 0.717) is 18.9 Å². The van der Waals surface area contributed by atoms with E-state index >= 15 is 0 Å². The number of nitrogens with one attached hydrogen (secondary N) is 1. The summed E-state index contributed by atoms with van der Waals surface area (Å²) >= 11 is 0. The van der Waals surface area contributed by atoms with Crippen molar-refractivity contribution in [1.82, 2.24) is 14.9 Å². The Kier molecular flexibility index (Phi) is 14.8. The number of rotatable bonds is 10. The summed E-state index contributed by atoms with van der Waals surface area (Å²) in [5, 5.41) is 2.94. The fourth-order valence-corrected chi connectivity index (χ4v) is 2.12. The van der Waals surface area contributed by atoms with Gasteiger partial charge in [-0.25, -0.2) is 4.98 Å². The first-order chi connectivity index (χ1) is 9.63. The predicted octanol–water partition coefficient (Wildman–Crippen LogP) is 2.91. The van der Waals surface area contributed by atoms with Crippen LogP contribution >= 0.6 is 24.8 Å². The van der Waals surface area contributed by atoms with Crippen molar-refractivity contribution >= 4 is 30.7 Å². The minimum Gasteiger partial charge on any atom is -0.349 e. The van der Waals surface area contributed by atoms with Crippen LogP contribution in [0.25, 0.3) is 0 Å². The van der Waals surface area contributed by atoms with E-state index in [9.17, 15) is 4.79 Å². The monoisotopic (exact) mass is 352 g/mol. The molecule has 130 valence electrons. The van der Waals surface area contributed by atoms with Crippen LogP contribution in [0, 0.1) is 5.92 Å². The lowest BCUT2D eigenvalue weighted by molar-refractivity contribution is -0.121. The third kappa shape index (κ3) is 10.0. The first-order valence-corrected chi connectivity index (χ1v) is 7.60. The highest BCUT2D eigenvalue weighted by molar-refractivity contribution is 5.85. The molecule has 5 nitrogen and oxygen atoms in total. The fourth-order valence-electron chi connectivity index (χ4n) is 2.12. The zero-order valence-electron chi connectivity index (χ0n) is 13.6. The molecule has 7 heteroatoms. The summed E-state index contributed by atoms with van der Waals surface area (Å²) < 4.78 is 2.10. The maximum Gasteiger partial charge on any atom is 0.220 e. The first-order valence-electron chi connectivity index (χ1n) is 7.60. The Bertz CT molecular complexity index is 397. The molecule has 0 aliphatic rings. The molecule has 0 spiro atoms. The second kappa shape index (κ2) is 13.9. The van der Waals surface area contributed by atoms with Gasteiger partial charge in [-0.2, -0.15) is 0 Å². The smallest absolute Gasteiger partial charge is 0.220 e. The second-order valence-corrected chi connectivity index (χ2v) is 5.62. The van der Waals surface area contributed by atoms with Crippen LogP contribution in [0.1, 0.15) is 51.8 Å². The molecule has 0 atom stereocenters. The van der Waals surface area contributed by atoms with E-state index in [0.717, 1.165) is 44.6 Å². The number of nitrogens with two attached hydrogens (primary N) is 1. The van der Waals surface area contributed by atoms with Crippen LogP contribution < -0.4 is 11.1 Å². The average Bonchev–Trinajstić information content (AvgIpc) is 2.82. The van der Waals surface area contributed by atoms with Gasteiger partial charge >= 0.3 is 0 Å². The maximum absolute atomic E-state index is 11.7. The molecule has 0 aliphatic heterocycles. The number of aromatic nitrogens is 2. The standard InChI is InChI=1S/C15H28N4O.2ClH/c1-13(2)12-19-10-9-17-14(19)11-18-15(20)7-5-3-4-6-8-16;;/h9-10,13H,3-8,11-12,16H2,1-2H3,(H,18,20);2*1H. The molecular weight excluding hydrogens is 323 g/mol. The van der Waals surface area contributed by atoms with Crippen LogP contribution in [0.4, 0.5) is 0 Å². The second-order valence-electron chi connectivity index (χ2n) is 5.62. The van der Waals surface area contributed by atoms with Crippen molar-refractivity contribution < 1.29 is 4.79 Å². The molecule has 1 amide bonds. The lowest BCUT2D eigenvalue weighted by atomic mass is 10.1. The molecule has 1 rings (SSSR count). The predicted molar refractivity (Wildman–Crippen MR) is 95.5 cm³/mol. The highest BCUT2D eigenvalue weighted by atomic mass is 35.5. The molecule has 0 aromatic carbocycles. The summed E-state index contributed by atoms with van der Waals surface area (Å²) in [4.78, 5) is 16.0. The van der Waals surface area contributed by atoms with Crippen molar-refractivity contribution in [3.05, 3.63) is 18.2 Å². The van der Waals surface area contributed by atoms with Gasteiger partial charge in [-0.15, -0.1) is 24.8 Å². The first kappa shape index (κ1) is 23.5. The molecule has 0 saturated heterocycles.